The maximum atomic E-state index is 12.9. The van der Waals surface area contributed by atoms with Crippen molar-refractivity contribution in [1.82, 2.24) is 0 Å². The van der Waals surface area contributed by atoms with Crippen LogP contribution in [0.5, 0.6) is 0 Å². The summed E-state index contributed by atoms with van der Waals surface area (Å²) in [5.74, 6) is 6.37. The minimum absolute atomic E-state index is 0.0124. The topological polar surface area (TPSA) is 78.9 Å². The lowest BCUT2D eigenvalue weighted by molar-refractivity contribution is -0.219. The number of carbonyl (C=O) groups is 3. The molecule has 67 heavy (non-hydrogen) atoms. The zero-order chi connectivity index (χ0) is 49.7. The van der Waals surface area contributed by atoms with Crippen LogP contribution >= 0.6 is 0 Å². The number of hydrogen-bond donors (Lipinski definition) is 0. The molecule has 9 aliphatic rings. The van der Waals surface area contributed by atoms with Gasteiger partial charge in [0.25, 0.3) is 0 Å². The third-order valence-corrected chi connectivity index (χ3v) is 21.2. The first-order valence-electron chi connectivity index (χ1n) is 29.1. The molecule has 6 nitrogen and oxygen atoms in total. The van der Waals surface area contributed by atoms with Gasteiger partial charge in [-0.25, -0.2) is 0 Å². The quantitative estimate of drug-likeness (QED) is 0.0894. The predicted molar refractivity (Wildman–Crippen MR) is 277 cm³/mol. The molecule has 9 aliphatic carbocycles. The highest BCUT2D eigenvalue weighted by molar-refractivity contribution is 5.77. The lowest BCUT2D eigenvalue weighted by Crippen LogP contribution is -2.60. The minimum Gasteiger partial charge on any atom is -0.459 e. The zero-order valence-electron chi connectivity index (χ0n) is 46.8. The largest absolute Gasteiger partial charge is 0.459 e. The Morgan fingerprint density at radius 3 is 1.07 bits per heavy atom. The number of ether oxygens (including phenoxy) is 3. The standard InChI is InChI=1S/C22H38O2.C21H36O2.C18H34O2/c1-6-20(4,5)19(23)24-22(7-2,8-3)15-21-12-16-9-17(13-21)11-18(10-16)14-21;1-6-19(4,5)18(22)23-21(7-2,8-3)20-12-15-9-16(13-20)11-17(10-15)14-20;1-6-17(4,5)16(19)20-18(7-2,8-3)14-15-12-10-9-11-13-15/h16-18H,6-15H2,1-5H3;15-17H,6-14H2,1-5H3;15H,6-14H2,1-5H3. The first kappa shape index (κ1) is 56.3. The molecule has 9 fully saturated rings. The maximum Gasteiger partial charge on any atom is 0.312 e. The fraction of sp³-hybridized carbons (Fsp3) is 0.951. The number of carbonyl (C=O) groups excluding carboxylic acids is 3. The van der Waals surface area contributed by atoms with E-state index in [0.29, 0.717) is 5.41 Å². The Labute approximate surface area is 413 Å². The van der Waals surface area contributed by atoms with Gasteiger partial charge in [-0.3, -0.25) is 14.4 Å². The van der Waals surface area contributed by atoms with Crippen LogP contribution in [0.2, 0.25) is 0 Å². The molecule has 0 spiro atoms. The summed E-state index contributed by atoms with van der Waals surface area (Å²) in [7, 11) is 0. The van der Waals surface area contributed by atoms with Gasteiger partial charge < -0.3 is 14.2 Å². The molecule has 0 unspecified atom stereocenters. The fourth-order valence-electron chi connectivity index (χ4n) is 15.9. The Morgan fingerprint density at radius 2 is 0.746 bits per heavy atom. The van der Waals surface area contributed by atoms with Crippen molar-refractivity contribution in [3.63, 3.8) is 0 Å². The van der Waals surface area contributed by atoms with E-state index in [2.05, 4.69) is 62.3 Å². The van der Waals surface area contributed by atoms with Crippen LogP contribution in [0.25, 0.3) is 0 Å². The Bertz CT molecular complexity index is 1530. The molecule has 388 valence electrons. The van der Waals surface area contributed by atoms with Crippen molar-refractivity contribution in [2.75, 3.05) is 0 Å². The van der Waals surface area contributed by atoms with Crippen molar-refractivity contribution in [2.24, 2.45) is 68.5 Å². The van der Waals surface area contributed by atoms with E-state index in [4.69, 9.17) is 14.2 Å². The molecule has 0 N–H and O–H groups in total. The molecule has 0 amide bonds. The minimum atomic E-state index is -0.364. The number of hydrogen-bond acceptors (Lipinski definition) is 6. The summed E-state index contributed by atoms with van der Waals surface area (Å²) in [6.07, 6.45) is 34.0. The van der Waals surface area contributed by atoms with Crippen molar-refractivity contribution >= 4 is 17.9 Å². The van der Waals surface area contributed by atoms with E-state index in [0.717, 1.165) is 112 Å². The highest BCUT2D eigenvalue weighted by atomic mass is 16.6. The highest BCUT2D eigenvalue weighted by Crippen LogP contribution is 2.66. The molecule has 0 aromatic heterocycles. The number of rotatable bonds is 20. The summed E-state index contributed by atoms with van der Waals surface area (Å²) < 4.78 is 18.8. The average Bonchev–Trinajstić information content (AvgIpc) is 3.29. The molecule has 0 aromatic rings. The van der Waals surface area contributed by atoms with Crippen LogP contribution in [0.3, 0.4) is 0 Å². The Kier molecular flexibility index (Phi) is 18.9. The van der Waals surface area contributed by atoms with Gasteiger partial charge in [-0.2, -0.15) is 0 Å². The van der Waals surface area contributed by atoms with E-state index in [1.165, 1.54) is 109 Å². The van der Waals surface area contributed by atoms with Crippen molar-refractivity contribution in [3.05, 3.63) is 0 Å². The van der Waals surface area contributed by atoms with Gasteiger partial charge in [0.1, 0.15) is 16.8 Å². The molecular formula is C61H108O6. The lowest BCUT2D eigenvalue weighted by atomic mass is 9.44. The van der Waals surface area contributed by atoms with Crippen LogP contribution in [-0.4, -0.2) is 34.7 Å². The molecule has 0 atom stereocenters. The Balaban J connectivity index is 0.000000189. The van der Waals surface area contributed by atoms with Gasteiger partial charge in [-0.05, 0) is 236 Å². The van der Waals surface area contributed by atoms with E-state index in [1.807, 2.05) is 41.5 Å². The van der Waals surface area contributed by atoms with Gasteiger partial charge >= 0.3 is 17.9 Å². The van der Waals surface area contributed by atoms with Crippen LogP contribution in [0.4, 0.5) is 0 Å². The fourth-order valence-corrected chi connectivity index (χ4v) is 15.9. The van der Waals surface area contributed by atoms with Gasteiger partial charge in [-0.1, -0.05) is 94.4 Å². The molecule has 8 bridgehead atoms. The molecule has 0 saturated heterocycles. The van der Waals surface area contributed by atoms with Gasteiger partial charge in [0.2, 0.25) is 0 Å². The van der Waals surface area contributed by atoms with Gasteiger partial charge in [0.15, 0.2) is 0 Å². The van der Waals surface area contributed by atoms with Gasteiger partial charge in [0.05, 0.1) is 16.2 Å². The Hall–Kier alpha value is -1.59. The van der Waals surface area contributed by atoms with Gasteiger partial charge in [0, 0.05) is 5.41 Å². The summed E-state index contributed by atoms with van der Waals surface area (Å²) in [4.78, 5) is 38.1. The second-order valence-corrected chi connectivity index (χ2v) is 26.9. The second kappa shape index (κ2) is 22.4. The molecule has 0 radical (unpaired) electrons. The van der Waals surface area contributed by atoms with E-state index < -0.39 is 0 Å². The van der Waals surface area contributed by atoms with Crippen molar-refractivity contribution in [3.8, 4) is 0 Å². The zero-order valence-corrected chi connectivity index (χ0v) is 46.8. The molecular weight excluding hydrogens is 829 g/mol. The first-order chi connectivity index (χ1) is 31.4. The Morgan fingerprint density at radius 1 is 0.418 bits per heavy atom. The average molecular weight is 938 g/mol. The molecule has 0 aromatic carbocycles. The first-order valence-corrected chi connectivity index (χ1v) is 29.1. The van der Waals surface area contributed by atoms with Crippen LogP contribution in [0.1, 0.15) is 284 Å². The maximum absolute atomic E-state index is 12.9. The second-order valence-electron chi connectivity index (χ2n) is 26.9. The SMILES string of the molecule is CCC(C)(C)C(=O)OC(CC)(CC)C12CC3CC(CC(C3)C1)C2.CCC(CC)(CC12CC3CC(CC(C3)C1)C2)OC(=O)C(C)(C)CC.CCC(CC)(CC1CCCCC1)OC(=O)C(C)(C)CC. The van der Waals surface area contributed by atoms with Crippen molar-refractivity contribution < 1.29 is 28.6 Å². The third-order valence-electron chi connectivity index (χ3n) is 21.2. The summed E-state index contributed by atoms with van der Waals surface area (Å²) in [5, 5.41) is 0. The van der Waals surface area contributed by atoms with E-state index >= 15 is 0 Å². The van der Waals surface area contributed by atoms with Crippen LogP contribution < -0.4 is 0 Å². The third kappa shape index (κ3) is 12.7. The molecule has 0 heterocycles. The van der Waals surface area contributed by atoms with E-state index in [1.54, 1.807) is 0 Å². The monoisotopic (exact) mass is 937 g/mol. The molecule has 6 heteroatoms. The molecule has 9 saturated carbocycles. The van der Waals surface area contributed by atoms with Crippen LogP contribution in [0.15, 0.2) is 0 Å². The smallest absolute Gasteiger partial charge is 0.312 e. The van der Waals surface area contributed by atoms with Gasteiger partial charge in [-0.15, -0.1) is 0 Å². The van der Waals surface area contributed by atoms with E-state index in [9.17, 15) is 14.4 Å². The normalized spacial score (nSPS) is 30.5. The van der Waals surface area contributed by atoms with Crippen LogP contribution in [0, 0.1) is 68.5 Å². The summed E-state index contributed by atoms with van der Waals surface area (Å²) in [6, 6.07) is 0. The van der Waals surface area contributed by atoms with Crippen molar-refractivity contribution in [2.45, 2.75) is 300 Å². The molecule has 9 rings (SSSR count). The summed E-state index contributed by atoms with van der Waals surface area (Å²) in [6.45, 7) is 31.6. The van der Waals surface area contributed by atoms with Crippen LogP contribution in [-0.2, 0) is 28.6 Å². The van der Waals surface area contributed by atoms with E-state index in [-0.39, 0.29) is 56.4 Å². The molecule has 0 aliphatic heterocycles. The summed E-state index contributed by atoms with van der Waals surface area (Å²) >= 11 is 0. The predicted octanol–water partition coefficient (Wildman–Crippen LogP) is 17.4. The highest BCUT2D eigenvalue weighted by Gasteiger charge is 2.61. The summed E-state index contributed by atoms with van der Waals surface area (Å²) in [5.41, 5.74) is -1.05. The number of esters is 3. The van der Waals surface area contributed by atoms with Crippen molar-refractivity contribution in [1.29, 1.82) is 0 Å². The lowest BCUT2D eigenvalue weighted by Gasteiger charge is -2.63.